The molecule has 28 heavy (non-hydrogen) atoms. The maximum absolute atomic E-state index is 11.6. The van der Waals surface area contributed by atoms with E-state index >= 15 is 0 Å². The molecule has 0 aliphatic carbocycles. The standard InChI is InChI=1S/C9H13N2O14P3/c10-8(14)9-11-3(1-21-9)7-6(13)5(12)4(23-7)2-22-28(19,20)25-26(15)24-27(16,17)18/h1,4-7,12-13,16-18H,2H2,(H-2,10,14,19,20)/p+2/t4-,5-,6-,7+/m1/s1. The van der Waals surface area contributed by atoms with Gasteiger partial charge in [-0.1, -0.05) is 0 Å². The third kappa shape index (κ3) is 6.27. The lowest BCUT2D eigenvalue weighted by Gasteiger charge is -2.14. The van der Waals surface area contributed by atoms with Crippen LogP contribution in [-0.2, 0) is 27.0 Å². The molecule has 1 aromatic heterocycles. The number of nitrogens with two attached hydrogens (primary N) is 1. The van der Waals surface area contributed by atoms with Gasteiger partial charge in [-0.15, -0.1) is 0 Å². The van der Waals surface area contributed by atoms with E-state index in [1.54, 1.807) is 0 Å². The van der Waals surface area contributed by atoms with E-state index in [0.29, 0.717) is 0 Å². The van der Waals surface area contributed by atoms with Crippen molar-refractivity contribution in [3.63, 3.8) is 0 Å². The summed E-state index contributed by atoms with van der Waals surface area (Å²) >= 11 is 0. The third-order valence-electron chi connectivity index (χ3n) is 3.13. The van der Waals surface area contributed by atoms with Crippen LogP contribution in [0.5, 0.6) is 0 Å². The molecule has 158 valence electrons. The SMILES string of the molecule is NC(=O)c1nc([C@@H]2O[C@H](COP(=O)(O)O[P+](=O)O[P+](O)(O)O)[C@@H](O)[C@H]2O)co1. The number of phosphoric ester groups is 1. The second-order valence-corrected chi connectivity index (χ2v) is 9.16. The summed E-state index contributed by atoms with van der Waals surface area (Å²) in [5.41, 5.74) is 4.87. The summed E-state index contributed by atoms with van der Waals surface area (Å²) in [6, 6.07) is 0. The monoisotopic (exact) mass is 468 g/mol. The molecule has 1 aliphatic rings. The average Bonchev–Trinajstić information content (AvgIpc) is 3.10. The van der Waals surface area contributed by atoms with E-state index in [9.17, 15) is 29.0 Å². The molecular formula is C9H15N2O14P3+2. The first-order valence-corrected chi connectivity index (χ1v) is 11.1. The number of aromatic nitrogens is 1. The van der Waals surface area contributed by atoms with E-state index in [0.717, 1.165) is 6.26 Å². The number of ether oxygens (including phenoxy) is 1. The van der Waals surface area contributed by atoms with Crippen LogP contribution in [-0.4, -0.2) is 65.6 Å². The molecule has 8 N–H and O–H groups in total. The fourth-order valence-electron chi connectivity index (χ4n) is 2.04. The van der Waals surface area contributed by atoms with Gasteiger partial charge < -0.3 is 25.1 Å². The van der Waals surface area contributed by atoms with Gasteiger partial charge in [0, 0.05) is 4.57 Å². The molecule has 1 amide bonds. The lowest BCUT2D eigenvalue weighted by molar-refractivity contribution is -0.0230. The number of amides is 1. The average molecular weight is 468 g/mol. The van der Waals surface area contributed by atoms with Crippen molar-refractivity contribution in [2.75, 3.05) is 6.61 Å². The number of carbonyl (C=O) groups is 1. The minimum atomic E-state index is -5.13. The van der Waals surface area contributed by atoms with Crippen molar-refractivity contribution >= 4 is 30.2 Å². The van der Waals surface area contributed by atoms with Crippen LogP contribution in [0.2, 0.25) is 0 Å². The van der Waals surface area contributed by atoms with Crippen molar-refractivity contribution in [3.8, 4) is 0 Å². The van der Waals surface area contributed by atoms with Gasteiger partial charge in [-0.3, -0.25) is 14.2 Å². The Balaban J connectivity index is 1.96. The Hall–Kier alpha value is -0.960. The van der Waals surface area contributed by atoms with Crippen LogP contribution in [0.3, 0.4) is 0 Å². The van der Waals surface area contributed by atoms with Gasteiger partial charge in [0.15, 0.2) is 0 Å². The zero-order valence-electron chi connectivity index (χ0n) is 13.4. The summed E-state index contributed by atoms with van der Waals surface area (Å²) in [6.07, 6.45) is -5.00. The highest BCUT2D eigenvalue weighted by atomic mass is 31.3. The Morgan fingerprint density at radius 1 is 1.36 bits per heavy atom. The Morgan fingerprint density at radius 3 is 2.54 bits per heavy atom. The van der Waals surface area contributed by atoms with Crippen LogP contribution in [0.1, 0.15) is 22.5 Å². The van der Waals surface area contributed by atoms with E-state index in [2.05, 4.69) is 18.1 Å². The molecule has 0 radical (unpaired) electrons. The fourth-order valence-corrected chi connectivity index (χ4v) is 4.34. The number of primary amides is 1. The van der Waals surface area contributed by atoms with E-state index in [1.165, 1.54) is 0 Å². The highest BCUT2D eigenvalue weighted by Crippen LogP contribution is 2.61. The summed E-state index contributed by atoms with van der Waals surface area (Å²) in [4.78, 5) is 49.6. The number of carbonyl (C=O) groups excluding carboxylic acids is 1. The van der Waals surface area contributed by atoms with E-state index < -0.39 is 67.1 Å². The van der Waals surface area contributed by atoms with Crippen molar-refractivity contribution in [2.45, 2.75) is 24.4 Å². The quantitative estimate of drug-likeness (QED) is 0.201. The Bertz CT molecular complexity index is 778. The number of hydrogen-bond acceptors (Lipinski definition) is 14. The zero-order valence-corrected chi connectivity index (χ0v) is 16.1. The predicted octanol–water partition coefficient (Wildman–Crippen LogP) is -1.60. The molecule has 2 unspecified atom stereocenters. The maximum Gasteiger partial charge on any atom is 0.753 e. The minimum absolute atomic E-state index is 0.100. The molecule has 0 bridgehead atoms. The van der Waals surface area contributed by atoms with Gasteiger partial charge >= 0.3 is 30.2 Å². The number of phosphoric acid groups is 1. The first-order chi connectivity index (χ1) is 12.8. The van der Waals surface area contributed by atoms with E-state index in [1.807, 2.05) is 0 Å². The number of aliphatic hydroxyl groups excluding tert-OH is 2. The highest BCUT2D eigenvalue weighted by Gasteiger charge is 2.53. The van der Waals surface area contributed by atoms with Gasteiger partial charge in [0.2, 0.25) is 0 Å². The largest absolute Gasteiger partial charge is 0.753 e. The lowest BCUT2D eigenvalue weighted by atomic mass is 10.1. The van der Waals surface area contributed by atoms with Crippen molar-refractivity contribution in [2.24, 2.45) is 5.73 Å². The summed E-state index contributed by atoms with van der Waals surface area (Å²) in [6.45, 7) is -0.871. The molecule has 2 rings (SSSR count). The van der Waals surface area contributed by atoms with Crippen molar-refractivity contribution in [3.05, 3.63) is 17.8 Å². The number of oxazole rings is 1. The number of aliphatic hydroxyl groups is 2. The van der Waals surface area contributed by atoms with Crippen molar-refractivity contribution in [1.29, 1.82) is 0 Å². The smallest absolute Gasteiger partial charge is 0.441 e. The molecule has 0 aromatic carbocycles. The van der Waals surface area contributed by atoms with Crippen molar-refractivity contribution in [1.82, 2.24) is 4.98 Å². The molecule has 1 aromatic rings. The van der Waals surface area contributed by atoms with Gasteiger partial charge in [-0.05, 0) is 4.31 Å². The Morgan fingerprint density at radius 2 is 2.00 bits per heavy atom. The molecule has 6 atom stereocenters. The molecule has 1 fully saturated rings. The fraction of sp³-hybridized carbons (Fsp3) is 0.556. The van der Waals surface area contributed by atoms with Gasteiger partial charge in [-0.25, -0.2) is 9.55 Å². The minimum Gasteiger partial charge on any atom is -0.441 e. The molecule has 1 aliphatic heterocycles. The van der Waals surface area contributed by atoms with Crippen LogP contribution in [0.15, 0.2) is 10.7 Å². The first-order valence-electron chi connectivity index (χ1n) is 6.97. The summed E-state index contributed by atoms with van der Waals surface area (Å²) in [5.74, 6) is -1.47. The molecular weight excluding hydrogens is 453 g/mol. The van der Waals surface area contributed by atoms with Gasteiger partial charge in [0.25, 0.3) is 5.89 Å². The normalized spacial score (nSPS) is 28.1. The molecule has 2 heterocycles. The van der Waals surface area contributed by atoms with Crippen LogP contribution < -0.4 is 5.73 Å². The maximum atomic E-state index is 11.6. The second kappa shape index (κ2) is 8.81. The highest BCUT2D eigenvalue weighted by molar-refractivity contribution is 7.63. The zero-order chi connectivity index (χ0) is 21.3. The summed E-state index contributed by atoms with van der Waals surface area (Å²) in [5, 5.41) is 19.9. The Kier molecular flexibility index (Phi) is 7.34. The van der Waals surface area contributed by atoms with Crippen molar-refractivity contribution < 1.29 is 66.0 Å². The van der Waals surface area contributed by atoms with Crippen LogP contribution in [0.25, 0.3) is 0 Å². The number of rotatable bonds is 9. The third-order valence-corrected chi connectivity index (χ3v) is 6.38. The molecule has 16 nitrogen and oxygen atoms in total. The van der Waals surface area contributed by atoms with Gasteiger partial charge in [-0.2, -0.15) is 14.7 Å². The van der Waals surface area contributed by atoms with E-state index in [4.69, 9.17) is 29.6 Å². The van der Waals surface area contributed by atoms with Crippen LogP contribution in [0, 0.1) is 0 Å². The van der Waals surface area contributed by atoms with Gasteiger partial charge in [0.05, 0.1) is 6.61 Å². The molecule has 0 spiro atoms. The van der Waals surface area contributed by atoms with Crippen LogP contribution in [0.4, 0.5) is 0 Å². The topological polar surface area (TPSA) is 262 Å². The molecule has 1 saturated heterocycles. The summed E-state index contributed by atoms with van der Waals surface area (Å²) < 4.78 is 44.8. The van der Waals surface area contributed by atoms with Crippen LogP contribution >= 0.6 is 24.2 Å². The summed E-state index contributed by atoms with van der Waals surface area (Å²) in [7, 11) is -13.8. The molecule has 0 saturated carbocycles. The number of nitrogens with zero attached hydrogens (tertiary/aromatic N) is 1. The first kappa shape index (κ1) is 23.3. The second-order valence-electron chi connectivity index (χ2n) is 5.18. The molecule has 19 heteroatoms. The Labute approximate surface area is 156 Å². The predicted molar refractivity (Wildman–Crippen MR) is 83.8 cm³/mol. The number of hydrogen-bond donors (Lipinski definition) is 7. The van der Waals surface area contributed by atoms with Gasteiger partial charge in [0.1, 0.15) is 40.7 Å². The van der Waals surface area contributed by atoms with E-state index in [-0.39, 0.29) is 5.69 Å². The lowest BCUT2D eigenvalue weighted by Crippen LogP contribution is -2.33.